The first-order chi connectivity index (χ1) is 21.9. The second kappa shape index (κ2) is 11.8. The number of hydrogen-bond donors (Lipinski definition) is 8. The largest absolute Gasteiger partial charge is 0.459 e. The molecule has 5 rings (SSSR count). The summed E-state index contributed by atoms with van der Waals surface area (Å²) in [6.07, 6.45) is -3.48. The van der Waals surface area contributed by atoms with Gasteiger partial charge in [0.25, 0.3) is 0 Å². The third-order valence-electron chi connectivity index (χ3n) is 13.0. The number of carbonyl (C=O) groups is 2. The van der Waals surface area contributed by atoms with Gasteiger partial charge in [0.15, 0.2) is 5.76 Å². The number of rotatable bonds is 7. The van der Waals surface area contributed by atoms with Gasteiger partial charge in [-0.05, 0) is 70.3 Å². The van der Waals surface area contributed by atoms with E-state index in [2.05, 4.69) is 0 Å². The van der Waals surface area contributed by atoms with Crippen molar-refractivity contribution >= 4 is 11.6 Å². The molecule has 8 N–H and O–H groups in total. The van der Waals surface area contributed by atoms with Crippen molar-refractivity contribution in [2.75, 3.05) is 6.61 Å². The highest BCUT2D eigenvalue weighted by Crippen LogP contribution is 2.74. The molecule has 2 saturated carbocycles. The molecule has 0 spiro atoms. The summed E-state index contributed by atoms with van der Waals surface area (Å²) in [5.74, 6) is -2.63. The van der Waals surface area contributed by atoms with Crippen LogP contribution in [0.5, 0.6) is 0 Å². The van der Waals surface area contributed by atoms with Crippen molar-refractivity contribution in [1.29, 1.82) is 0 Å². The average Bonchev–Trinajstić information content (AvgIpc) is 3.19. The number of fused-ring (bicyclic) bond motifs is 5. The lowest BCUT2D eigenvalue weighted by molar-refractivity contribution is -0.291. The molecule has 3 fully saturated rings. The fourth-order valence-corrected chi connectivity index (χ4v) is 10.1. The van der Waals surface area contributed by atoms with E-state index in [1.165, 1.54) is 32.9 Å². The van der Waals surface area contributed by atoms with E-state index in [1.807, 2.05) is 26.8 Å². The molecule has 0 amide bonds. The molecule has 0 bridgehead atoms. The first-order valence-electron chi connectivity index (χ1n) is 16.9. The molecule has 5 aliphatic rings. The van der Waals surface area contributed by atoms with Crippen LogP contribution in [0.25, 0.3) is 0 Å². The number of ketones is 2. The summed E-state index contributed by atoms with van der Waals surface area (Å²) in [4.78, 5) is 28.6. The number of carbonyl (C=O) groups excluding carboxylic acids is 2. The molecule has 0 aromatic heterocycles. The summed E-state index contributed by atoms with van der Waals surface area (Å²) in [7, 11) is 0. The van der Waals surface area contributed by atoms with E-state index >= 15 is 0 Å². The van der Waals surface area contributed by atoms with Gasteiger partial charge < -0.3 is 50.3 Å². The molecule has 12 heteroatoms. The minimum Gasteiger partial charge on any atom is -0.459 e. The van der Waals surface area contributed by atoms with Crippen LogP contribution in [0, 0.1) is 39.4 Å². The molecule has 12 nitrogen and oxygen atoms in total. The molecule has 0 aromatic rings. The summed E-state index contributed by atoms with van der Waals surface area (Å²) in [5, 5.41) is 85.7. The van der Waals surface area contributed by atoms with E-state index in [9.17, 15) is 50.4 Å². The standard InChI is InChI=1S/C36H54O12/c1-31(2,45)12-11-23(39)36(8,46)28-19(38)14-33(5)22-10-9-17-18(35(22,7)24(40)15-34(28,33)6)13-20(29(44)32(17,3)4)47-30-27(43)26(42)25(41)21(16-37)48-30/h9,11-13,18-19,21-23,25-28,30,37-39,41-43,45-46H,10,14-16H2,1-8H3/b12-11+/t18-,19-,21-,22+,23+,25-,26+,27-,28+,30-,33+,34-,35+,36+/m1/s1. The molecule has 4 aliphatic carbocycles. The van der Waals surface area contributed by atoms with Crippen molar-refractivity contribution in [2.24, 2.45) is 39.4 Å². The van der Waals surface area contributed by atoms with E-state index in [-0.39, 0.29) is 30.3 Å². The van der Waals surface area contributed by atoms with Crippen LogP contribution < -0.4 is 0 Å². The smallest absolute Gasteiger partial charge is 0.229 e. The Morgan fingerprint density at radius 3 is 2.21 bits per heavy atom. The zero-order valence-electron chi connectivity index (χ0n) is 29.1. The molecular weight excluding hydrogens is 624 g/mol. The summed E-state index contributed by atoms with van der Waals surface area (Å²) in [6.45, 7) is 13.1. The van der Waals surface area contributed by atoms with Crippen LogP contribution >= 0.6 is 0 Å². The SMILES string of the molecule is CC(C)(O)/C=C/[C@H](O)[C@](C)(O)[C@H]1[C@H](O)C[C@@]2(C)[C@@H]3CC=C4[C@@H](C=C(O[C@@H]5O[C@H](CO)[C@@H](O)[C@H](O)[C@H]5O)C(=O)C4(C)C)[C@]3(C)C(=O)C[C@]12C. The van der Waals surface area contributed by atoms with E-state index in [4.69, 9.17) is 9.47 Å². The highest BCUT2D eigenvalue weighted by molar-refractivity contribution is 6.02. The number of Topliss-reactive ketones (excluding diaryl/α,β-unsaturated/α-hetero) is 2. The van der Waals surface area contributed by atoms with Crippen molar-refractivity contribution in [1.82, 2.24) is 0 Å². The number of aliphatic hydroxyl groups is 8. The second-order valence-electron chi connectivity index (χ2n) is 16.9. The van der Waals surface area contributed by atoms with Crippen LogP contribution in [-0.4, -0.2) is 113 Å². The van der Waals surface area contributed by atoms with Gasteiger partial charge >= 0.3 is 0 Å². The molecule has 0 unspecified atom stereocenters. The molecule has 270 valence electrons. The zero-order valence-corrected chi connectivity index (χ0v) is 29.1. The van der Waals surface area contributed by atoms with E-state index in [0.29, 0.717) is 6.42 Å². The van der Waals surface area contributed by atoms with Crippen LogP contribution in [0.15, 0.2) is 35.6 Å². The number of aliphatic hydroxyl groups excluding tert-OH is 6. The normalized spacial score (nSPS) is 46.2. The van der Waals surface area contributed by atoms with Gasteiger partial charge in [-0.25, -0.2) is 0 Å². The van der Waals surface area contributed by atoms with Gasteiger partial charge in [0.1, 0.15) is 36.3 Å². The van der Waals surface area contributed by atoms with Crippen LogP contribution in [0.2, 0.25) is 0 Å². The van der Waals surface area contributed by atoms with Crippen molar-refractivity contribution in [3.8, 4) is 0 Å². The van der Waals surface area contributed by atoms with Crippen molar-refractivity contribution < 1.29 is 59.9 Å². The Labute approximate surface area is 281 Å². The van der Waals surface area contributed by atoms with Gasteiger partial charge in [-0.1, -0.05) is 44.6 Å². The third-order valence-corrected chi connectivity index (χ3v) is 13.0. The van der Waals surface area contributed by atoms with Crippen molar-refractivity contribution in [3.05, 3.63) is 35.6 Å². The Bertz CT molecular complexity index is 1410. The van der Waals surface area contributed by atoms with Crippen LogP contribution in [-0.2, 0) is 19.1 Å². The first kappa shape index (κ1) is 37.3. The Morgan fingerprint density at radius 2 is 1.62 bits per heavy atom. The number of allylic oxidation sites excluding steroid dienone is 4. The Balaban J connectivity index is 1.55. The minimum absolute atomic E-state index is 0.0226. The Hall–Kier alpha value is -2.00. The van der Waals surface area contributed by atoms with E-state index in [0.717, 1.165) is 5.57 Å². The van der Waals surface area contributed by atoms with Crippen molar-refractivity contribution in [2.45, 2.75) is 129 Å². The molecular formula is C36H54O12. The van der Waals surface area contributed by atoms with Crippen LogP contribution in [0.4, 0.5) is 0 Å². The fourth-order valence-electron chi connectivity index (χ4n) is 10.1. The fraction of sp³-hybridized carbons (Fsp3) is 0.778. The molecule has 0 aromatic carbocycles. The molecule has 1 heterocycles. The van der Waals surface area contributed by atoms with Gasteiger partial charge in [-0.3, -0.25) is 9.59 Å². The molecule has 0 radical (unpaired) electrons. The van der Waals surface area contributed by atoms with Crippen molar-refractivity contribution in [3.63, 3.8) is 0 Å². The lowest BCUT2D eigenvalue weighted by Crippen LogP contribution is -2.64. The van der Waals surface area contributed by atoms with Gasteiger partial charge in [0, 0.05) is 23.7 Å². The van der Waals surface area contributed by atoms with Gasteiger partial charge in [0.05, 0.1) is 29.3 Å². The first-order valence-corrected chi connectivity index (χ1v) is 16.9. The molecule has 1 aliphatic heterocycles. The molecule has 1 saturated heterocycles. The lowest BCUT2D eigenvalue weighted by Gasteiger charge is -2.64. The predicted octanol–water partition coefficient (Wildman–Crippen LogP) is 0.670. The number of hydrogen-bond acceptors (Lipinski definition) is 12. The summed E-state index contributed by atoms with van der Waals surface area (Å²) in [6, 6.07) is 0. The second-order valence-corrected chi connectivity index (χ2v) is 16.9. The maximum absolute atomic E-state index is 14.7. The zero-order chi connectivity index (χ0) is 36.2. The Morgan fingerprint density at radius 1 is 1.00 bits per heavy atom. The van der Waals surface area contributed by atoms with Crippen LogP contribution in [0.3, 0.4) is 0 Å². The maximum Gasteiger partial charge on any atom is 0.229 e. The van der Waals surface area contributed by atoms with Crippen LogP contribution in [0.1, 0.15) is 74.7 Å². The summed E-state index contributed by atoms with van der Waals surface area (Å²) in [5.41, 5.74) is -6.25. The average molecular weight is 679 g/mol. The van der Waals surface area contributed by atoms with Gasteiger partial charge in [-0.15, -0.1) is 0 Å². The molecule has 48 heavy (non-hydrogen) atoms. The minimum atomic E-state index is -1.86. The summed E-state index contributed by atoms with van der Waals surface area (Å²) >= 11 is 0. The predicted molar refractivity (Wildman–Crippen MR) is 172 cm³/mol. The topological polar surface area (TPSA) is 214 Å². The lowest BCUT2D eigenvalue weighted by atomic mass is 9.39. The van der Waals surface area contributed by atoms with E-state index < -0.39 is 100 Å². The van der Waals surface area contributed by atoms with Gasteiger partial charge in [0.2, 0.25) is 12.1 Å². The third kappa shape index (κ3) is 5.29. The molecule has 14 atom stereocenters. The van der Waals surface area contributed by atoms with E-state index in [1.54, 1.807) is 19.9 Å². The Kier molecular flexibility index (Phi) is 9.14. The summed E-state index contributed by atoms with van der Waals surface area (Å²) < 4.78 is 11.5. The maximum atomic E-state index is 14.7. The highest BCUT2D eigenvalue weighted by atomic mass is 16.7. The number of ether oxygens (including phenoxy) is 2. The quantitative estimate of drug-likeness (QED) is 0.175. The monoisotopic (exact) mass is 678 g/mol. The van der Waals surface area contributed by atoms with Gasteiger partial charge in [-0.2, -0.15) is 0 Å². The highest BCUT2D eigenvalue weighted by Gasteiger charge is 2.74.